The maximum absolute atomic E-state index is 5.68. The number of aromatic nitrogens is 2. The lowest BCUT2D eigenvalue weighted by Crippen LogP contribution is -2.14. The first-order chi connectivity index (χ1) is 5.29. The molecule has 1 aromatic rings. The van der Waals surface area contributed by atoms with Crippen molar-refractivity contribution >= 4 is 5.95 Å². The molecular formula is C8H13N3. The van der Waals surface area contributed by atoms with Crippen LogP contribution in [0.4, 0.5) is 5.95 Å². The van der Waals surface area contributed by atoms with Crippen molar-refractivity contribution in [1.29, 1.82) is 0 Å². The maximum Gasteiger partial charge on any atom is 0.200 e. The van der Waals surface area contributed by atoms with Gasteiger partial charge in [-0.05, 0) is 18.8 Å². The van der Waals surface area contributed by atoms with Crippen LogP contribution in [0.5, 0.6) is 0 Å². The lowest BCUT2D eigenvalue weighted by molar-refractivity contribution is 0.479. The first-order valence-corrected chi connectivity index (χ1v) is 4.10. The summed E-state index contributed by atoms with van der Waals surface area (Å²) in [6.07, 6.45) is 4.40. The molecule has 1 atom stereocenters. The number of imidazole rings is 1. The van der Waals surface area contributed by atoms with Crippen LogP contribution in [0.1, 0.15) is 31.4 Å². The first kappa shape index (κ1) is 6.70. The molecule has 0 radical (unpaired) electrons. The summed E-state index contributed by atoms with van der Waals surface area (Å²) in [5, 5.41) is 0. The fourth-order valence-electron chi connectivity index (χ4n) is 1.74. The smallest absolute Gasteiger partial charge is 0.200 e. The summed E-state index contributed by atoms with van der Waals surface area (Å²) in [7, 11) is 0. The third-order valence-corrected chi connectivity index (χ3v) is 2.44. The van der Waals surface area contributed by atoms with Gasteiger partial charge in [0.1, 0.15) is 0 Å². The highest BCUT2D eigenvalue weighted by Crippen LogP contribution is 2.27. The quantitative estimate of drug-likeness (QED) is 0.608. The normalized spacial score (nSPS) is 23.2. The molecule has 0 saturated carbocycles. The van der Waals surface area contributed by atoms with Gasteiger partial charge in [0.25, 0.3) is 0 Å². The van der Waals surface area contributed by atoms with Gasteiger partial charge in [-0.1, -0.05) is 6.92 Å². The number of hydrogen-bond acceptors (Lipinski definition) is 2. The topological polar surface area (TPSA) is 43.8 Å². The van der Waals surface area contributed by atoms with E-state index in [-0.39, 0.29) is 0 Å². The van der Waals surface area contributed by atoms with Gasteiger partial charge in [-0.25, -0.2) is 4.98 Å². The minimum Gasteiger partial charge on any atom is -0.369 e. The molecule has 3 nitrogen and oxygen atoms in total. The van der Waals surface area contributed by atoms with E-state index in [0.29, 0.717) is 11.9 Å². The van der Waals surface area contributed by atoms with E-state index in [2.05, 4.69) is 16.5 Å². The van der Waals surface area contributed by atoms with Crippen LogP contribution in [0.2, 0.25) is 0 Å². The van der Waals surface area contributed by atoms with Crippen LogP contribution in [0.15, 0.2) is 6.20 Å². The van der Waals surface area contributed by atoms with Gasteiger partial charge in [-0.15, -0.1) is 0 Å². The SMILES string of the molecule is CC1CCCn2c1cnc2N. The number of hydrogen-bond donors (Lipinski definition) is 1. The monoisotopic (exact) mass is 151 g/mol. The average molecular weight is 151 g/mol. The Morgan fingerprint density at radius 2 is 2.55 bits per heavy atom. The molecule has 0 amide bonds. The van der Waals surface area contributed by atoms with E-state index in [1.165, 1.54) is 18.5 Å². The Morgan fingerprint density at radius 1 is 1.73 bits per heavy atom. The minimum absolute atomic E-state index is 0.633. The largest absolute Gasteiger partial charge is 0.369 e. The van der Waals surface area contributed by atoms with Crippen LogP contribution < -0.4 is 5.73 Å². The second-order valence-electron chi connectivity index (χ2n) is 3.24. The minimum atomic E-state index is 0.633. The number of nitrogens with zero attached hydrogens (tertiary/aromatic N) is 2. The molecule has 0 spiro atoms. The fourth-order valence-corrected chi connectivity index (χ4v) is 1.74. The van der Waals surface area contributed by atoms with Crippen LogP contribution in [-0.4, -0.2) is 9.55 Å². The van der Waals surface area contributed by atoms with E-state index < -0.39 is 0 Å². The van der Waals surface area contributed by atoms with Gasteiger partial charge in [-0.3, -0.25) is 0 Å². The summed E-state index contributed by atoms with van der Waals surface area (Å²) >= 11 is 0. The van der Waals surface area contributed by atoms with E-state index in [0.717, 1.165) is 6.54 Å². The Kier molecular flexibility index (Phi) is 1.37. The standard InChI is InChI=1S/C8H13N3/c1-6-3-2-4-11-7(6)5-10-8(11)9/h5-6H,2-4H2,1H3,(H2,9,10). The summed E-state index contributed by atoms with van der Waals surface area (Å²) in [5.41, 5.74) is 6.98. The van der Waals surface area contributed by atoms with Crippen molar-refractivity contribution in [2.75, 3.05) is 5.73 Å². The fraction of sp³-hybridized carbons (Fsp3) is 0.625. The Morgan fingerprint density at radius 3 is 3.27 bits per heavy atom. The molecular weight excluding hydrogens is 138 g/mol. The maximum atomic E-state index is 5.68. The zero-order valence-corrected chi connectivity index (χ0v) is 6.75. The zero-order valence-electron chi connectivity index (χ0n) is 6.75. The summed E-state index contributed by atoms with van der Waals surface area (Å²) in [5.74, 6) is 1.31. The van der Waals surface area contributed by atoms with Crippen molar-refractivity contribution in [2.24, 2.45) is 0 Å². The molecule has 1 aliphatic heterocycles. The Balaban J connectivity index is 2.46. The van der Waals surface area contributed by atoms with Crippen molar-refractivity contribution in [2.45, 2.75) is 32.2 Å². The molecule has 3 heteroatoms. The Labute approximate surface area is 66.2 Å². The average Bonchev–Trinajstić information content (AvgIpc) is 2.35. The van der Waals surface area contributed by atoms with Crippen LogP contribution in [0, 0.1) is 0 Å². The predicted octanol–water partition coefficient (Wildman–Crippen LogP) is 1.36. The molecule has 0 aromatic carbocycles. The Hall–Kier alpha value is -0.990. The van der Waals surface area contributed by atoms with Gasteiger partial charge < -0.3 is 10.3 Å². The third-order valence-electron chi connectivity index (χ3n) is 2.44. The predicted molar refractivity (Wildman–Crippen MR) is 44.3 cm³/mol. The molecule has 0 fully saturated rings. The summed E-state index contributed by atoms with van der Waals surface area (Å²) in [4.78, 5) is 4.09. The van der Waals surface area contributed by atoms with E-state index in [4.69, 9.17) is 5.73 Å². The van der Waals surface area contributed by atoms with Gasteiger partial charge in [0.15, 0.2) is 5.95 Å². The summed E-state index contributed by atoms with van der Waals surface area (Å²) < 4.78 is 2.12. The van der Waals surface area contributed by atoms with E-state index in [1.807, 2.05) is 6.20 Å². The molecule has 0 aliphatic carbocycles. The molecule has 60 valence electrons. The van der Waals surface area contributed by atoms with Crippen molar-refractivity contribution in [1.82, 2.24) is 9.55 Å². The molecule has 2 heterocycles. The molecule has 2 rings (SSSR count). The highest BCUT2D eigenvalue weighted by Gasteiger charge is 2.17. The van der Waals surface area contributed by atoms with Crippen molar-refractivity contribution in [3.8, 4) is 0 Å². The van der Waals surface area contributed by atoms with Crippen molar-refractivity contribution in [3.63, 3.8) is 0 Å². The number of anilines is 1. The molecule has 1 aromatic heterocycles. The molecule has 1 unspecified atom stereocenters. The highest BCUT2D eigenvalue weighted by atomic mass is 15.2. The van der Waals surface area contributed by atoms with Crippen LogP contribution >= 0.6 is 0 Å². The number of nitrogen functional groups attached to an aromatic ring is 1. The third kappa shape index (κ3) is 0.914. The van der Waals surface area contributed by atoms with Crippen molar-refractivity contribution in [3.05, 3.63) is 11.9 Å². The van der Waals surface area contributed by atoms with E-state index in [9.17, 15) is 0 Å². The molecule has 1 aliphatic rings. The summed E-state index contributed by atoms with van der Waals surface area (Å²) in [6.45, 7) is 3.28. The number of rotatable bonds is 0. The zero-order chi connectivity index (χ0) is 7.84. The van der Waals surface area contributed by atoms with Gasteiger partial charge in [0, 0.05) is 12.2 Å². The lowest BCUT2D eigenvalue weighted by Gasteiger charge is -2.20. The van der Waals surface area contributed by atoms with Gasteiger partial charge in [0.05, 0.1) is 6.20 Å². The van der Waals surface area contributed by atoms with E-state index in [1.54, 1.807) is 0 Å². The second-order valence-corrected chi connectivity index (χ2v) is 3.24. The second kappa shape index (κ2) is 2.26. The van der Waals surface area contributed by atoms with Crippen molar-refractivity contribution < 1.29 is 0 Å². The molecule has 0 saturated heterocycles. The van der Waals surface area contributed by atoms with Gasteiger partial charge in [0.2, 0.25) is 0 Å². The van der Waals surface area contributed by atoms with Gasteiger partial charge in [-0.2, -0.15) is 0 Å². The van der Waals surface area contributed by atoms with Gasteiger partial charge >= 0.3 is 0 Å². The summed E-state index contributed by atoms with van der Waals surface area (Å²) in [6, 6.07) is 0. The molecule has 11 heavy (non-hydrogen) atoms. The number of fused-ring (bicyclic) bond motifs is 1. The molecule has 0 bridgehead atoms. The Bertz CT molecular complexity index is 264. The van der Waals surface area contributed by atoms with Crippen LogP contribution in [0.25, 0.3) is 0 Å². The van der Waals surface area contributed by atoms with Crippen LogP contribution in [-0.2, 0) is 6.54 Å². The highest BCUT2D eigenvalue weighted by molar-refractivity contribution is 5.25. The number of nitrogens with two attached hydrogens (primary N) is 1. The molecule has 2 N–H and O–H groups in total. The first-order valence-electron chi connectivity index (χ1n) is 4.10. The lowest BCUT2D eigenvalue weighted by atomic mass is 9.99. The van der Waals surface area contributed by atoms with Crippen LogP contribution in [0.3, 0.4) is 0 Å². The van der Waals surface area contributed by atoms with E-state index >= 15 is 0 Å².